The molecule has 0 saturated carbocycles. The van der Waals surface area contributed by atoms with Crippen LogP contribution < -0.4 is 10.6 Å². The average molecular weight is 360 g/mol. The number of nitrogens with zero attached hydrogens (tertiary/aromatic N) is 4. The lowest BCUT2D eigenvalue weighted by atomic mass is 10.1. The van der Waals surface area contributed by atoms with E-state index in [0.29, 0.717) is 18.1 Å². The number of carbonyl (C=O) groups excluding carboxylic acids is 1. The Kier molecular flexibility index (Phi) is 5.12. The van der Waals surface area contributed by atoms with Crippen molar-refractivity contribution < 1.29 is 14.5 Å². The van der Waals surface area contributed by atoms with Crippen molar-refractivity contribution in [1.29, 1.82) is 0 Å². The van der Waals surface area contributed by atoms with Crippen molar-refractivity contribution in [3.63, 3.8) is 0 Å². The minimum atomic E-state index is -0.501. The van der Waals surface area contributed by atoms with Crippen LogP contribution in [0.25, 0.3) is 0 Å². The van der Waals surface area contributed by atoms with Crippen LogP contribution in [0.3, 0.4) is 0 Å². The number of amides is 1. The maximum Gasteiger partial charge on any atom is 0.293 e. The van der Waals surface area contributed by atoms with Gasteiger partial charge in [-0.1, -0.05) is 0 Å². The number of anilines is 1. The molecule has 1 aromatic heterocycles. The highest BCUT2D eigenvalue weighted by molar-refractivity contribution is 5.95. The van der Waals surface area contributed by atoms with Crippen LogP contribution in [0, 0.1) is 10.1 Å². The summed E-state index contributed by atoms with van der Waals surface area (Å²) in [5.74, 6) is 0.940. The van der Waals surface area contributed by atoms with E-state index < -0.39 is 4.92 Å². The Balaban J connectivity index is 1.90. The largest absolute Gasteiger partial charge is 0.377 e. The zero-order valence-electron chi connectivity index (χ0n) is 14.6. The molecule has 2 heterocycles. The Hall–Kier alpha value is -3.01. The molecular weight excluding hydrogens is 340 g/mol. The molecular formula is C16H20N6O4. The Labute approximate surface area is 149 Å². The molecule has 1 atom stereocenters. The number of rotatable bonds is 6. The first-order chi connectivity index (χ1) is 12.5. The van der Waals surface area contributed by atoms with Crippen molar-refractivity contribution in [1.82, 2.24) is 20.1 Å². The molecule has 0 fully saturated rings. The number of nitro benzene ring substituents is 1. The topological polar surface area (TPSA) is 124 Å². The quantitative estimate of drug-likeness (QED) is 0.592. The number of benzene rings is 1. The fraction of sp³-hybridized carbons (Fsp3) is 0.438. The van der Waals surface area contributed by atoms with E-state index in [0.717, 1.165) is 25.2 Å². The number of hydrogen-bond donors (Lipinski definition) is 2. The summed E-state index contributed by atoms with van der Waals surface area (Å²) in [7, 11) is 3.06. The van der Waals surface area contributed by atoms with E-state index in [9.17, 15) is 14.9 Å². The lowest BCUT2D eigenvalue weighted by molar-refractivity contribution is -0.384. The van der Waals surface area contributed by atoms with Crippen molar-refractivity contribution in [2.24, 2.45) is 0 Å². The van der Waals surface area contributed by atoms with Crippen LogP contribution in [0.2, 0.25) is 0 Å². The van der Waals surface area contributed by atoms with Crippen molar-refractivity contribution in [2.75, 3.05) is 19.5 Å². The molecule has 1 amide bonds. The summed E-state index contributed by atoms with van der Waals surface area (Å²) in [4.78, 5) is 27.2. The molecule has 26 heavy (non-hydrogen) atoms. The zero-order chi connectivity index (χ0) is 18.7. The van der Waals surface area contributed by atoms with Crippen LogP contribution in [0.5, 0.6) is 0 Å². The lowest BCUT2D eigenvalue weighted by Gasteiger charge is -2.24. The summed E-state index contributed by atoms with van der Waals surface area (Å²) < 4.78 is 6.88. The molecule has 0 saturated heterocycles. The van der Waals surface area contributed by atoms with Crippen LogP contribution in [0.15, 0.2) is 18.2 Å². The zero-order valence-corrected chi connectivity index (χ0v) is 14.6. The predicted molar refractivity (Wildman–Crippen MR) is 92.8 cm³/mol. The fourth-order valence-electron chi connectivity index (χ4n) is 3.00. The van der Waals surface area contributed by atoms with Crippen molar-refractivity contribution in [3.05, 3.63) is 45.5 Å². The first-order valence-electron chi connectivity index (χ1n) is 8.23. The molecule has 2 aromatic rings. The number of nitro groups is 1. The molecule has 10 heteroatoms. The highest BCUT2D eigenvalue weighted by Gasteiger charge is 2.27. The predicted octanol–water partition coefficient (Wildman–Crippen LogP) is 1.64. The maximum atomic E-state index is 11.7. The van der Waals surface area contributed by atoms with Crippen LogP contribution >= 0.6 is 0 Å². The molecule has 1 unspecified atom stereocenters. The van der Waals surface area contributed by atoms with Gasteiger partial charge < -0.3 is 15.4 Å². The number of hydrogen-bond acceptors (Lipinski definition) is 7. The molecule has 1 aliphatic heterocycles. The SMILES string of the molecule is CNC(=O)c1ccc(NC2CCCn3nc(COC)nc32)c([N+](=O)[O-])c1. The summed E-state index contributed by atoms with van der Waals surface area (Å²) in [6, 6.07) is 4.17. The van der Waals surface area contributed by atoms with Gasteiger partial charge in [-0.25, -0.2) is 9.67 Å². The standard InChI is InChI=1S/C16H20N6O4/c1-17-16(23)10-5-6-11(13(8-10)22(24)25)18-12-4-3-7-21-15(12)19-14(20-21)9-26-2/h5-6,8,12,18H,3-4,7,9H2,1-2H3,(H,17,23). The molecule has 10 nitrogen and oxygen atoms in total. The molecule has 1 aliphatic rings. The van der Waals surface area contributed by atoms with Gasteiger partial charge in [-0.15, -0.1) is 0 Å². The van der Waals surface area contributed by atoms with E-state index in [1.165, 1.54) is 13.1 Å². The second-order valence-electron chi connectivity index (χ2n) is 5.95. The normalized spacial score (nSPS) is 16.0. The van der Waals surface area contributed by atoms with E-state index >= 15 is 0 Å². The van der Waals surface area contributed by atoms with Gasteiger partial charge in [0.1, 0.15) is 18.1 Å². The first kappa shape index (κ1) is 17.8. The van der Waals surface area contributed by atoms with E-state index in [-0.39, 0.29) is 23.2 Å². The number of aromatic nitrogens is 3. The second-order valence-corrected chi connectivity index (χ2v) is 5.95. The third kappa shape index (κ3) is 3.49. The van der Waals surface area contributed by atoms with E-state index in [1.807, 2.05) is 0 Å². The van der Waals surface area contributed by atoms with E-state index in [2.05, 4.69) is 20.7 Å². The highest BCUT2D eigenvalue weighted by Crippen LogP contribution is 2.32. The third-order valence-electron chi connectivity index (χ3n) is 4.21. The van der Waals surface area contributed by atoms with Gasteiger partial charge in [0, 0.05) is 32.3 Å². The van der Waals surface area contributed by atoms with Crippen molar-refractivity contribution in [2.45, 2.75) is 32.0 Å². The number of methoxy groups -OCH3 is 1. The summed E-state index contributed by atoms with van der Waals surface area (Å²) >= 11 is 0. The molecule has 138 valence electrons. The van der Waals surface area contributed by atoms with Gasteiger partial charge in [0.2, 0.25) is 0 Å². The van der Waals surface area contributed by atoms with E-state index in [1.54, 1.807) is 23.9 Å². The monoisotopic (exact) mass is 360 g/mol. The summed E-state index contributed by atoms with van der Waals surface area (Å²) in [6.07, 6.45) is 1.66. The Morgan fingerprint density at radius 3 is 3.00 bits per heavy atom. The maximum absolute atomic E-state index is 11.7. The van der Waals surface area contributed by atoms with Crippen LogP contribution in [0.4, 0.5) is 11.4 Å². The number of nitrogens with one attached hydrogen (secondary N) is 2. The first-order valence-corrected chi connectivity index (χ1v) is 8.23. The average Bonchev–Trinajstić information content (AvgIpc) is 3.05. The number of fused-ring (bicyclic) bond motifs is 1. The Morgan fingerprint density at radius 2 is 2.31 bits per heavy atom. The van der Waals surface area contributed by atoms with E-state index in [4.69, 9.17) is 4.74 Å². The molecule has 1 aromatic carbocycles. The highest BCUT2D eigenvalue weighted by atomic mass is 16.6. The summed E-state index contributed by atoms with van der Waals surface area (Å²) in [6.45, 7) is 1.07. The van der Waals surface area contributed by atoms with Gasteiger partial charge in [-0.3, -0.25) is 14.9 Å². The minimum absolute atomic E-state index is 0.153. The fourth-order valence-corrected chi connectivity index (χ4v) is 3.00. The van der Waals surface area contributed by atoms with Gasteiger partial charge in [0.25, 0.3) is 11.6 Å². The summed E-state index contributed by atoms with van der Waals surface area (Å²) in [5, 5.41) is 21.5. The lowest BCUT2D eigenvalue weighted by Crippen LogP contribution is -2.23. The molecule has 0 bridgehead atoms. The summed E-state index contributed by atoms with van der Waals surface area (Å²) in [5.41, 5.74) is 0.427. The second kappa shape index (κ2) is 7.48. The molecule has 0 spiro atoms. The number of carbonyl (C=O) groups is 1. The van der Waals surface area contributed by atoms with Crippen LogP contribution in [-0.4, -0.2) is 39.8 Å². The van der Waals surface area contributed by atoms with Crippen molar-refractivity contribution >= 4 is 17.3 Å². The minimum Gasteiger partial charge on any atom is -0.377 e. The number of ether oxygens (including phenoxy) is 1. The van der Waals surface area contributed by atoms with Crippen LogP contribution in [0.1, 0.15) is 40.9 Å². The Morgan fingerprint density at radius 1 is 1.50 bits per heavy atom. The van der Waals surface area contributed by atoms with Gasteiger partial charge in [0.15, 0.2) is 5.82 Å². The Bertz CT molecular complexity index is 834. The third-order valence-corrected chi connectivity index (χ3v) is 4.21. The van der Waals surface area contributed by atoms with Crippen LogP contribution in [-0.2, 0) is 17.9 Å². The molecule has 2 N–H and O–H groups in total. The van der Waals surface area contributed by atoms with Crippen molar-refractivity contribution in [3.8, 4) is 0 Å². The van der Waals surface area contributed by atoms with Gasteiger partial charge in [0.05, 0.1) is 11.0 Å². The van der Waals surface area contributed by atoms with Gasteiger partial charge in [-0.05, 0) is 25.0 Å². The van der Waals surface area contributed by atoms with Gasteiger partial charge in [-0.2, -0.15) is 5.10 Å². The smallest absolute Gasteiger partial charge is 0.293 e. The molecule has 0 radical (unpaired) electrons. The molecule has 0 aliphatic carbocycles. The molecule has 3 rings (SSSR count). The number of aryl methyl sites for hydroxylation is 1. The van der Waals surface area contributed by atoms with Gasteiger partial charge >= 0.3 is 0 Å².